The molecule has 0 aromatic carbocycles. The Labute approximate surface area is 96.0 Å². The van der Waals surface area contributed by atoms with Gasteiger partial charge in [-0.15, -0.1) is 5.10 Å². The molecule has 0 atom stereocenters. The number of rotatable bonds is 7. The SMILES string of the molecule is CCCCN(c1nnc(CCN)o1)C1CC1. The molecule has 1 aromatic heterocycles. The summed E-state index contributed by atoms with van der Waals surface area (Å²) in [6.45, 7) is 3.77. The second-order valence-electron chi connectivity index (χ2n) is 4.30. The van der Waals surface area contributed by atoms with Crippen molar-refractivity contribution in [1.82, 2.24) is 10.2 Å². The minimum absolute atomic E-state index is 0.556. The second-order valence-corrected chi connectivity index (χ2v) is 4.30. The van der Waals surface area contributed by atoms with Gasteiger partial charge in [0, 0.05) is 25.6 Å². The van der Waals surface area contributed by atoms with Crippen molar-refractivity contribution < 1.29 is 4.42 Å². The van der Waals surface area contributed by atoms with Crippen LogP contribution in [0.25, 0.3) is 0 Å². The quantitative estimate of drug-likeness (QED) is 0.757. The molecule has 5 heteroatoms. The van der Waals surface area contributed by atoms with E-state index in [9.17, 15) is 0 Å². The van der Waals surface area contributed by atoms with E-state index in [2.05, 4.69) is 22.0 Å². The van der Waals surface area contributed by atoms with Crippen molar-refractivity contribution in [2.45, 2.75) is 45.1 Å². The van der Waals surface area contributed by atoms with Crippen LogP contribution in [0.15, 0.2) is 4.42 Å². The van der Waals surface area contributed by atoms with Gasteiger partial charge in [-0.1, -0.05) is 18.4 Å². The maximum absolute atomic E-state index is 5.61. The van der Waals surface area contributed by atoms with Gasteiger partial charge in [0.15, 0.2) is 0 Å². The molecule has 16 heavy (non-hydrogen) atoms. The molecule has 5 nitrogen and oxygen atoms in total. The first kappa shape index (κ1) is 11.4. The van der Waals surface area contributed by atoms with E-state index in [0.717, 1.165) is 6.54 Å². The Kier molecular flexibility index (Phi) is 3.77. The first-order valence-electron chi connectivity index (χ1n) is 6.14. The molecule has 0 bridgehead atoms. The van der Waals surface area contributed by atoms with E-state index in [4.69, 9.17) is 10.2 Å². The monoisotopic (exact) mass is 224 g/mol. The molecule has 1 fully saturated rings. The highest BCUT2D eigenvalue weighted by Gasteiger charge is 2.31. The summed E-state index contributed by atoms with van der Waals surface area (Å²) < 4.78 is 5.61. The highest BCUT2D eigenvalue weighted by atomic mass is 16.4. The standard InChI is InChI=1S/C11H20N4O/c1-2-3-8-15(9-4-5-9)11-14-13-10(16-11)6-7-12/h9H,2-8,12H2,1H3. The molecular weight excluding hydrogens is 204 g/mol. The van der Waals surface area contributed by atoms with Crippen LogP contribution in [0.3, 0.4) is 0 Å². The second kappa shape index (κ2) is 5.30. The average Bonchev–Trinajstić information content (AvgIpc) is 3.01. The molecule has 2 N–H and O–H groups in total. The maximum atomic E-state index is 5.61. The lowest BCUT2D eigenvalue weighted by Gasteiger charge is -2.18. The van der Waals surface area contributed by atoms with Crippen LogP contribution in [0.2, 0.25) is 0 Å². The number of nitrogens with two attached hydrogens (primary N) is 1. The van der Waals surface area contributed by atoms with Crippen LogP contribution >= 0.6 is 0 Å². The average molecular weight is 224 g/mol. The molecule has 1 heterocycles. The fourth-order valence-electron chi connectivity index (χ4n) is 1.73. The normalized spacial score (nSPS) is 15.4. The first-order chi connectivity index (χ1) is 7.85. The highest BCUT2D eigenvalue weighted by molar-refractivity contribution is 5.29. The Morgan fingerprint density at radius 3 is 2.88 bits per heavy atom. The summed E-state index contributed by atoms with van der Waals surface area (Å²) in [5.41, 5.74) is 5.46. The summed E-state index contributed by atoms with van der Waals surface area (Å²) in [6.07, 6.45) is 5.52. The topological polar surface area (TPSA) is 68.2 Å². The molecule has 0 aliphatic heterocycles. The van der Waals surface area contributed by atoms with Crippen LogP contribution in [0.1, 0.15) is 38.5 Å². The van der Waals surface area contributed by atoms with Gasteiger partial charge < -0.3 is 15.1 Å². The number of unbranched alkanes of at least 4 members (excludes halogenated alkanes) is 1. The van der Waals surface area contributed by atoms with Crippen molar-refractivity contribution in [2.75, 3.05) is 18.0 Å². The van der Waals surface area contributed by atoms with Crippen molar-refractivity contribution in [1.29, 1.82) is 0 Å². The van der Waals surface area contributed by atoms with Gasteiger partial charge in [-0.25, -0.2) is 0 Å². The molecule has 0 spiro atoms. The first-order valence-corrected chi connectivity index (χ1v) is 6.14. The van der Waals surface area contributed by atoms with Gasteiger partial charge in [0.1, 0.15) is 0 Å². The Morgan fingerprint density at radius 2 is 2.25 bits per heavy atom. The van der Waals surface area contributed by atoms with Crippen molar-refractivity contribution in [3.63, 3.8) is 0 Å². The minimum Gasteiger partial charge on any atom is -0.408 e. The summed E-state index contributed by atoms with van der Waals surface area (Å²) in [4.78, 5) is 2.25. The Balaban J connectivity index is 1.99. The minimum atomic E-state index is 0.556. The van der Waals surface area contributed by atoms with Gasteiger partial charge in [-0.05, 0) is 19.3 Å². The van der Waals surface area contributed by atoms with Gasteiger partial charge >= 0.3 is 6.01 Å². The number of anilines is 1. The summed E-state index contributed by atoms with van der Waals surface area (Å²) in [7, 11) is 0. The number of hydrogen-bond donors (Lipinski definition) is 1. The highest BCUT2D eigenvalue weighted by Crippen LogP contribution is 2.31. The van der Waals surface area contributed by atoms with E-state index in [-0.39, 0.29) is 0 Å². The molecule has 0 radical (unpaired) electrons. The summed E-state index contributed by atoms with van der Waals surface area (Å²) in [5.74, 6) is 0.652. The molecule has 1 aliphatic rings. The molecule has 2 rings (SSSR count). The fourth-order valence-corrected chi connectivity index (χ4v) is 1.73. The lowest BCUT2D eigenvalue weighted by atomic mass is 10.3. The van der Waals surface area contributed by atoms with E-state index in [1.165, 1.54) is 25.7 Å². The van der Waals surface area contributed by atoms with Crippen LogP contribution in [-0.2, 0) is 6.42 Å². The van der Waals surface area contributed by atoms with Crippen LogP contribution in [0.5, 0.6) is 0 Å². The zero-order chi connectivity index (χ0) is 11.4. The van der Waals surface area contributed by atoms with Crippen molar-refractivity contribution >= 4 is 6.01 Å². The predicted molar refractivity (Wildman–Crippen MR) is 62.3 cm³/mol. The molecule has 1 aliphatic carbocycles. The molecule has 1 aromatic rings. The van der Waals surface area contributed by atoms with Gasteiger partial charge in [0.2, 0.25) is 5.89 Å². The summed E-state index contributed by atoms with van der Waals surface area (Å²) in [6, 6.07) is 1.30. The largest absolute Gasteiger partial charge is 0.408 e. The van der Waals surface area contributed by atoms with Gasteiger partial charge in [-0.2, -0.15) is 0 Å². The van der Waals surface area contributed by atoms with Gasteiger partial charge in [0.05, 0.1) is 0 Å². The van der Waals surface area contributed by atoms with E-state index >= 15 is 0 Å². The van der Waals surface area contributed by atoms with Crippen LogP contribution in [-0.4, -0.2) is 29.3 Å². The summed E-state index contributed by atoms with van der Waals surface area (Å²) >= 11 is 0. The molecule has 0 amide bonds. The van der Waals surface area contributed by atoms with Gasteiger partial charge in [0.25, 0.3) is 0 Å². The van der Waals surface area contributed by atoms with E-state index < -0.39 is 0 Å². The summed E-state index contributed by atoms with van der Waals surface area (Å²) in [5, 5.41) is 8.11. The Morgan fingerprint density at radius 1 is 1.44 bits per heavy atom. The van der Waals surface area contributed by atoms with Crippen molar-refractivity contribution in [3.05, 3.63) is 5.89 Å². The lowest BCUT2D eigenvalue weighted by molar-refractivity contribution is 0.479. The van der Waals surface area contributed by atoms with Crippen molar-refractivity contribution in [3.8, 4) is 0 Å². The predicted octanol–water partition coefficient (Wildman–Crippen LogP) is 1.34. The molecule has 0 saturated heterocycles. The number of hydrogen-bond acceptors (Lipinski definition) is 5. The maximum Gasteiger partial charge on any atom is 0.318 e. The van der Waals surface area contributed by atoms with Crippen LogP contribution in [0.4, 0.5) is 6.01 Å². The van der Waals surface area contributed by atoms with Crippen LogP contribution < -0.4 is 10.6 Å². The number of nitrogens with zero attached hydrogens (tertiary/aromatic N) is 3. The van der Waals surface area contributed by atoms with E-state index in [1.54, 1.807) is 0 Å². The van der Waals surface area contributed by atoms with E-state index in [0.29, 0.717) is 30.9 Å². The zero-order valence-corrected chi connectivity index (χ0v) is 9.85. The third-order valence-corrected chi connectivity index (χ3v) is 2.80. The third-order valence-electron chi connectivity index (χ3n) is 2.80. The third kappa shape index (κ3) is 2.72. The van der Waals surface area contributed by atoms with Gasteiger partial charge in [-0.3, -0.25) is 0 Å². The van der Waals surface area contributed by atoms with E-state index in [1.807, 2.05) is 0 Å². The zero-order valence-electron chi connectivity index (χ0n) is 9.85. The molecule has 90 valence electrons. The molecular formula is C11H20N4O. The molecule has 1 saturated carbocycles. The lowest BCUT2D eigenvalue weighted by Crippen LogP contribution is -2.27. The fraction of sp³-hybridized carbons (Fsp3) is 0.818. The Bertz CT molecular complexity index is 322. The Hall–Kier alpha value is -1.10. The van der Waals surface area contributed by atoms with Crippen molar-refractivity contribution in [2.24, 2.45) is 5.73 Å². The molecule has 0 unspecified atom stereocenters. The number of aromatic nitrogens is 2. The van der Waals surface area contributed by atoms with Crippen LogP contribution in [0, 0.1) is 0 Å². The smallest absolute Gasteiger partial charge is 0.318 e.